The average Bonchev–Trinajstić information content (AvgIpc) is 3.39. The molecular weight excluding hydrogens is 356 g/mol. The van der Waals surface area contributed by atoms with Gasteiger partial charge in [-0.2, -0.15) is 0 Å². The fourth-order valence-corrected chi connectivity index (χ4v) is 4.64. The molecule has 0 aromatic heterocycles. The van der Waals surface area contributed by atoms with Crippen molar-refractivity contribution in [3.8, 4) is 0 Å². The minimum Gasteiger partial charge on any atom is -0.388 e. The van der Waals surface area contributed by atoms with Gasteiger partial charge >= 0.3 is 0 Å². The summed E-state index contributed by atoms with van der Waals surface area (Å²) in [5.41, 5.74) is -0.638. The van der Waals surface area contributed by atoms with Crippen molar-refractivity contribution < 1.29 is 24.9 Å². The molecule has 0 radical (unpaired) electrons. The molecule has 5 N–H and O–H groups in total. The van der Waals surface area contributed by atoms with Crippen LogP contribution in [0.15, 0.2) is 0 Å². The Balaban J connectivity index is 1.65. The lowest BCUT2D eigenvalue weighted by atomic mass is 9.84. The molecule has 150 valence electrons. The summed E-state index contributed by atoms with van der Waals surface area (Å²) in [6, 6.07) is -0.636. The van der Waals surface area contributed by atoms with Crippen LogP contribution in [0.2, 0.25) is 0 Å². The standard InChI is InChI=1S/C18H32N2O5S/c1-8(2)11(16-14(22)13(21)15(23)18(25-16)26-3)20-17(24)12-10(7-19-12)6-9-4-5-9/h8-16,18-19,21-23H,4-7H2,1-3H3,(H,20,24)/t10-,11+,12-,13-,14+,15+,16+,18+/m0/s1. The molecule has 3 rings (SSSR count). The van der Waals surface area contributed by atoms with E-state index >= 15 is 0 Å². The fraction of sp³-hybridized carbons (Fsp3) is 0.944. The van der Waals surface area contributed by atoms with Gasteiger partial charge in [-0.15, -0.1) is 11.8 Å². The number of hydrogen-bond donors (Lipinski definition) is 5. The lowest BCUT2D eigenvalue weighted by Crippen LogP contribution is -2.67. The Morgan fingerprint density at radius 3 is 2.42 bits per heavy atom. The molecule has 1 amide bonds. The van der Waals surface area contributed by atoms with E-state index in [0.717, 1.165) is 18.9 Å². The van der Waals surface area contributed by atoms with Gasteiger partial charge < -0.3 is 30.7 Å². The molecule has 1 saturated carbocycles. The van der Waals surface area contributed by atoms with E-state index in [4.69, 9.17) is 4.74 Å². The molecule has 0 spiro atoms. The number of hydrogen-bond acceptors (Lipinski definition) is 7. The lowest BCUT2D eigenvalue weighted by molar-refractivity contribution is -0.208. The van der Waals surface area contributed by atoms with Gasteiger partial charge in [-0.3, -0.25) is 4.79 Å². The molecule has 2 aliphatic heterocycles. The van der Waals surface area contributed by atoms with Crippen molar-refractivity contribution in [2.24, 2.45) is 17.8 Å². The van der Waals surface area contributed by atoms with E-state index in [2.05, 4.69) is 10.6 Å². The van der Waals surface area contributed by atoms with Crippen LogP contribution in [0.5, 0.6) is 0 Å². The van der Waals surface area contributed by atoms with Crippen LogP contribution in [0.25, 0.3) is 0 Å². The van der Waals surface area contributed by atoms with Gasteiger partial charge in [-0.05, 0) is 30.4 Å². The minimum absolute atomic E-state index is 0.00510. The minimum atomic E-state index is -1.30. The first-order valence-corrected chi connectivity index (χ1v) is 10.9. The van der Waals surface area contributed by atoms with Crippen LogP contribution >= 0.6 is 11.8 Å². The number of nitrogens with one attached hydrogen (secondary N) is 2. The van der Waals surface area contributed by atoms with Gasteiger partial charge in [0.25, 0.3) is 0 Å². The zero-order valence-corrected chi connectivity index (χ0v) is 16.5. The number of thioether (sulfide) groups is 1. The maximum Gasteiger partial charge on any atom is 0.237 e. The summed E-state index contributed by atoms with van der Waals surface area (Å²) in [6.07, 6.45) is 0.952. The summed E-state index contributed by atoms with van der Waals surface area (Å²) in [5, 5.41) is 36.9. The van der Waals surface area contributed by atoms with Crippen LogP contribution in [0.4, 0.5) is 0 Å². The van der Waals surface area contributed by atoms with Gasteiger partial charge in [0, 0.05) is 6.54 Å². The Morgan fingerprint density at radius 1 is 1.23 bits per heavy atom. The molecule has 2 heterocycles. The molecule has 0 aromatic carbocycles. The topological polar surface area (TPSA) is 111 Å². The number of aliphatic hydroxyl groups is 3. The number of aliphatic hydroxyl groups excluding tert-OH is 3. The fourth-order valence-electron chi connectivity index (χ4n) is 3.96. The maximum atomic E-state index is 12.8. The van der Waals surface area contributed by atoms with E-state index in [1.807, 2.05) is 13.8 Å². The molecular formula is C18H32N2O5S. The van der Waals surface area contributed by atoms with Crippen LogP contribution in [0, 0.1) is 17.8 Å². The van der Waals surface area contributed by atoms with Gasteiger partial charge in [0.05, 0.1) is 12.1 Å². The van der Waals surface area contributed by atoms with Crippen LogP contribution < -0.4 is 10.6 Å². The Morgan fingerprint density at radius 2 is 1.92 bits per heavy atom. The third kappa shape index (κ3) is 4.20. The number of amides is 1. The highest BCUT2D eigenvalue weighted by molar-refractivity contribution is 7.99. The van der Waals surface area contributed by atoms with Gasteiger partial charge in [0.2, 0.25) is 5.91 Å². The number of carbonyl (C=O) groups excluding carboxylic acids is 1. The van der Waals surface area contributed by atoms with Crippen molar-refractivity contribution in [3.05, 3.63) is 0 Å². The zero-order chi connectivity index (χ0) is 19.0. The normalized spacial score (nSPS) is 41.6. The molecule has 0 bridgehead atoms. The van der Waals surface area contributed by atoms with Crippen LogP contribution in [0.1, 0.15) is 33.1 Å². The Kier molecular flexibility index (Phi) is 6.52. The van der Waals surface area contributed by atoms with Crippen LogP contribution in [-0.4, -0.2) is 76.0 Å². The quantitative estimate of drug-likeness (QED) is 0.407. The van der Waals surface area contributed by atoms with Crippen LogP contribution in [0.3, 0.4) is 0 Å². The van der Waals surface area contributed by atoms with Crippen molar-refractivity contribution >= 4 is 17.7 Å². The van der Waals surface area contributed by atoms with Crippen molar-refractivity contribution in [2.75, 3.05) is 12.8 Å². The second-order valence-corrected chi connectivity index (χ2v) is 9.22. The van der Waals surface area contributed by atoms with E-state index in [1.165, 1.54) is 24.6 Å². The molecule has 2 saturated heterocycles. The number of ether oxygens (including phenoxy) is 1. The molecule has 3 fully saturated rings. The number of carbonyl (C=O) groups is 1. The predicted octanol–water partition coefficient (Wildman–Crippen LogP) is -0.314. The van der Waals surface area contributed by atoms with E-state index in [0.29, 0.717) is 5.92 Å². The highest BCUT2D eigenvalue weighted by atomic mass is 32.2. The van der Waals surface area contributed by atoms with E-state index in [-0.39, 0.29) is 17.9 Å². The second-order valence-electron chi connectivity index (χ2n) is 8.28. The second kappa shape index (κ2) is 8.32. The van der Waals surface area contributed by atoms with E-state index in [1.54, 1.807) is 6.26 Å². The summed E-state index contributed by atoms with van der Waals surface area (Å²) in [7, 11) is 0. The highest BCUT2D eigenvalue weighted by Crippen LogP contribution is 2.38. The van der Waals surface area contributed by atoms with Crippen molar-refractivity contribution in [2.45, 2.75) is 75.0 Å². The zero-order valence-electron chi connectivity index (χ0n) is 15.7. The summed E-state index contributed by atoms with van der Waals surface area (Å²) < 4.78 is 5.86. The van der Waals surface area contributed by atoms with Gasteiger partial charge in [-0.1, -0.05) is 26.7 Å². The molecule has 7 nitrogen and oxygen atoms in total. The Bertz CT molecular complexity index is 502. The monoisotopic (exact) mass is 388 g/mol. The SMILES string of the molecule is CS[C@H]1O[C@H]([C@H](NC(=O)[C@H]2NC[C@@H]2CC2CC2)C(C)C)[C@H](O)[C@H](O)[C@H]1O. The largest absolute Gasteiger partial charge is 0.388 e. The van der Waals surface area contributed by atoms with Crippen molar-refractivity contribution in [1.82, 2.24) is 10.6 Å². The highest BCUT2D eigenvalue weighted by Gasteiger charge is 2.48. The Labute approximate surface area is 159 Å². The number of rotatable bonds is 7. The summed E-state index contributed by atoms with van der Waals surface area (Å²) in [5.74, 6) is 1.09. The van der Waals surface area contributed by atoms with E-state index in [9.17, 15) is 20.1 Å². The van der Waals surface area contributed by atoms with Crippen LogP contribution in [-0.2, 0) is 9.53 Å². The molecule has 0 aromatic rings. The molecule has 8 atom stereocenters. The van der Waals surface area contributed by atoms with E-state index < -0.39 is 35.9 Å². The lowest BCUT2D eigenvalue weighted by Gasteiger charge is -2.45. The Hall–Kier alpha value is -0.380. The summed E-state index contributed by atoms with van der Waals surface area (Å²) in [6.45, 7) is 4.77. The molecule has 26 heavy (non-hydrogen) atoms. The van der Waals surface area contributed by atoms with Gasteiger partial charge in [-0.25, -0.2) is 0 Å². The van der Waals surface area contributed by atoms with Crippen molar-refractivity contribution in [3.63, 3.8) is 0 Å². The summed E-state index contributed by atoms with van der Waals surface area (Å²) >= 11 is 1.28. The third-order valence-corrected chi connectivity index (χ3v) is 6.76. The predicted molar refractivity (Wildman–Crippen MR) is 99.6 cm³/mol. The molecule has 3 aliphatic rings. The maximum absolute atomic E-state index is 12.8. The van der Waals surface area contributed by atoms with Gasteiger partial charge in [0.1, 0.15) is 29.9 Å². The first kappa shape index (κ1) is 20.4. The third-order valence-electron chi connectivity index (χ3n) is 5.91. The average molecular weight is 389 g/mol. The van der Waals surface area contributed by atoms with Crippen molar-refractivity contribution in [1.29, 1.82) is 0 Å². The molecule has 8 heteroatoms. The first-order valence-electron chi connectivity index (χ1n) is 9.59. The smallest absolute Gasteiger partial charge is 0.237 e. The summed E-state index contributed by atoms with van der Waals surface area (Å²) in [4.78, 5) is 12.8. The first-order chi connectivity index (χ1) is 12.3. The van der Waals surface area contributed by atoms with Gasteiger partial charge in [0.15, 0.2) is 0 Å². The molecule has 0 unspecified atom stereocenters. The molecule has 1 aliphatic carbocycles.